The van der Waals surface area contributed by atoms with Gasteiger partial charge in [-0.3, -0.25) is 4.79 Å². The minimum Gasteiger partial charge on any atom is -0.469 e. The Morgan fingerprint density at radius 1 is 1.29 bits per heavy atom. The Morgan fingerprint density at radius 2 is 1.86 bits per heavy atom. The molecule has 0 radical (unpaired) electrons. The van der Waals surface area contributed by atoms with Crippen molar-refractivity contribution in [3.05, 3.63) is 0 Å². The van der Waals surface area contributed by atoms with Gasteiger partial charge in [-0.05, 0) is 19.8 Å². The summed E-state index contributed by atoms with van der Waals surface area (Å²) in [6, 6.07) is 0. The van der Waals surface area contributed by atoms with Gasteiger partial charge in [-0.25, -0.2) is 0 Å². The van der Waals surface area contributed by atoms with Crippen LogP contribution in [-0.2, 0) is 14.3 Å². The van der Waals surface area contributed by atoms with Gasteiger partial charge in [0, 0.05) is 12.5 Å². The maximum Gasteiger partial charge on any atom is 0.309 e. The lowest BCUT2D eigenvalue weighted by Gasteiger charge is -2.39. The molecule has 3 nitrogen and oxygen atoms in total. The van der Waals surface area contributed by atoms with Crippen LogP contribution < -0.4 is 0 Å². The molecule has 2 unspecified atom stereocenters. The number of esters is 1. The molecule has 1 saturated carbocycles. The predicted octanol–water partition coefficient (Wildman–Crippen LogP) is 2.00. The number of carbonyl (C=O) groups is 1. The zero-order chi connectivity index (χ0) is 11.0. The SMILES string of the molecule is COC(=O)C1CCC(C)(OC)C1(C)C. The average Bonchev–Trinajstić information content (AvgIpc) is 2.38. The number of ether oxygens (including phenoxy) is 2. The van der Waals surface area contributed by atoms with Crippen LogP contribution in [0.25, 0.3) is 0 Å². The summed E-state index contributed by atoms with van der Waals surface area (Å²) < 4.78 is 10.3. The lowest BCUT2D eigenvalue weighted by atomic mass is 9.73. The summed E-state index contributed by atoms with van der Waals surface area (Å²) in [7, 11) is 3.16. The molecule has 82 valence electrons. The molecule has 0 saturated heterocycles. The van der Waals surface area contributed by atoms with E-state index in [1.165, 1.54) is 7.11 Å². The van der Waals surface area contributed by atoms with E-state index in [1.54, 1.807) is 7.11 Å². The van der Waals surface area contributed by atoms with Crippen molar-refractivity contribution in [1.82, 2.24) is 0 Å². The van der Waals surface area contributed by atoms with E-state index in [2.05, 4.69) is 20.8 Å². The fraction of sp³-hybridized carbons (Fsp3) is 0.909. The van der Waals surface area contributed by atoms with Gasteiger partial charge >= 0.3 is 5.97 Å². The molecule has 2 atom stereocenters. The van der Waals surface area contributed by atoms with Crippen LogP contribution in [0, 0.1) is 11.3 Å². The second-order valence-corrected chi connectivity index (χ2v) is 4.77. The van der Waals surface area contributed by atoms with E-state index >= 15 is 0 Å². The highest BCUT2D eigenvalue weighted by molar-refractivity contribution is 5.74. The Bertz CT molecular complexity index is 235. The molecule has 0 aromatic carbocycles. The molecule has 0 amide bonds. The summed E-state index contributed by atoms with van der Waals surface area (Å²) in [5.41, 5.74) is -0.374. The number of carbonyl (C=O) groups excluding carboxylic acids is 1. The smallest absolute Gasteiger partial charge is 0.309 e. The Hall–Kier alpha value is -0.570. The summed E-state index contributed by atoms with van der Waals surface area (Å²) in [6.07, 6.45) is 1.76. The molecular weight excluding hydrogens is 180 g/mol. The minimum absolute atomic E-state index is 0.0440. The molecule has 0 N–H and O–H groups in total. The number of hydrogen-bond donors (Lipinski definition) is 0. The van der Waals surface area contributed by atoms with Crippen LogP contribution in [0.4, 0.5) is 0 Å². The van der Waals surface area contributed by atoms with Gasteiger partial charge in [0.05, 0.1) is 18.6 Å². The van der Waals surface area contributed by atoms with Gasteiger partial charge in [-0.1, -0.05) is 13.8 Å². The van der Waals surface area contributed by atoms with E-state index in [-0.39, 0.29) is 22.9 Å². The third kappa shape index (κ3) is 1.44. The van der Waals surface area contributed by atoms with E-state index in [0.717, 1.165) is 12.8 Å². The van der Waals surface area contributed by atoms with E-state index in [0.29, 0.717) is 0 Å². The van der Waals surface area contributed by atoms with E-state index in [4.69, 9.17) is 9.47 Å². The molecule has 0 aromatic rings. The number of hydrogen-bond acceptors (Lipinski definition) is 3. The molecule has 14 heavy (non-hydrogen) atoms. The molecule has 1 aliphatic rings. The molecule has 1 rings (SSSR count). The maximum atomic E-state index is 11.6. The predicted molar refractivity (Wildman–Crippen MR) is 53.9 cm³/mol. The first-order chi connectivity index (χ1) is 6.39. The number of methoxy groups -OCH3 is 2. The van der Waals surface area contributed by atoms with Gasteiger partial charge in [0.25, 0.3) is 0 Å². The molecule has 0 aliphatic heterocycles. The van der Waals surface area contributed by atoms with Gasteiger partial charge in [-0.15, -0.1) is 0 Å². The maximum absolute atomic E-state index is 11.6. The Labute approximate surface area is 85.8 Å². The fourth-order valence-electron chi connectivity index (χ4n) is 2.39. The van der Waals surface area contributed by atoms with Gasteiger partial charge in [0.2, 0.25) is 0 Å². The van der Waals surface area contributed by atoms with Crippen molar-refractivity contribution in [2.24, 2.45) is 11.3 Å². The van der Waals surface area contributed by atoms with Crippen LogP contribution >= 0.6 is 0 Å². The molecule has 1 aliphatic carbocycles. The van der Waals surface area contributed by atoms with E-state index in [9.17, 15) is 4.79 Å². The summed E-state index contributed by atoms with van der Waals surface area (Å²) >= 11 is 0. The van der Waals surface area contributed by atoms with Gasteiger partial charge in [0.15, 0.2) is 0 Å². The van der Waals surface area contributed by atoms with Crippen molar-refractivity contribution in [3.8, 4) is 0 Å². The second-order valence-electron chi connectivity index (χ2n) is 4.77. The fourth-order valence-corrected chi connectivity index (χ4v) is 2.39. The quantitative estimate of drug-likeness (QED) is 0.639. The highest BCUT2D eigenvalue weighted by atomic mass is 16.5. The summed E-state index contributed by atoms with van der Waals surface area (Å²) in [6.45, 7) is 6.21. The summed E-state index contributed by atoms with van der Waals surface area (Å²) in [4.78, 5) is 11.6. The van der Waals surface area contributed by atoms with Crippen molar-refractivity contribution in [3.63, 3.8) is 0 Å². The third-order valence-electron chi connectivity index (χ3n) is 4.08. The van der Waals surface area contributed by atoms with Crippen LogP contribution in [0.3, 0.4) is 0 Å². The van der Waals surface area contributed by atoms with Gasteiger partial charge < -0.3 is 9.47 Å². The lowest BCUT2D eigenvalue weighted by Crippen LogP contribution is -2.44. The largest absolute Gasteiger partial charge is 0.469 e. The first-order valence-electron chi connectivity index (χ1n) is 5.02. The zero-order valence-corrected chi connectivity index (χ0v) is 9.72. The van der Waals surface area contributed by atoms with Crippen molar-refractivity contribution in [2.75, 3.05) is 14.2 Å². The Morgan fingerprint density at radius 3 is 2.21 bits per heavy atom. The molecule has 0 aromatic heterocycles. The van der Waals surface area contributed by atoms with Gasteiger partial charge in [-0.2, -0.15) is 0 Å². The van der Waals surface area contributed by atoms with E-state index < -0.39 is 0 Å². The first-order valence-corrected chi connectivity index (χ1v) is 5.02. The Kier molecular flexibility index (Phi) is 2.91. The standard InChI is InChI=1S/C11H20O3/c1-10(2)8(9(12)13-4)6-7-11(10,3)14-5/h8H,6-7H2,1-5H3. The highest BCUT2D eigenvalue weighted by Gasteiger charge is 2.55. The van der Waals surface area contributed by atoms with Crippen molar-refractivity contribution < 1.29 is 14.3 Å². The van der Waals surface area contributed by atoms with Crippen molar-refractivity contribution in [1.29, 1.82) is 0 Å². The van der Waals surface area contributed by atoms with Crippen LogP contribution in [-0.4, -0.2) is 25.8 Å². The molecule has 0 bridgehead atoms. The van der Waals surface area contributed by atoms with Gasteiger partial charge in [0.1, 0.15) is 0 Å². The van der Waals surface area contributed by atoms with E-state index in [1.807, 2.05) is 0 Å². The van der Waals surface area contributed by atoms with Crippen LogP contribution in [0.5, 0.6) is 0 Å². The lowest BCUT2D eigenvalue weighted by molar-refractivity contribution is -0.154. The molecule has 0 spiro atoms. The van der Waals surface area contributed by atoms with Crippen molar-refractivity contribution in [2.45, 2.75) is 39.2 Å². The van der Waals surface area contributed by atoms with Crippen molar-refractivity contribution >= 4 is 5.97 Å². The molecule has 1 fully saturated rings. The van der Waals surface area contributed by atoms with Crippen LogP contribution in [0.15, 0.2) is 0 Å². The van der Waals surface area contributed by atoms with Crippen LogP contribution in [0.2, 0.25) is 0 Å². The second kappa shape index (κ2) is 3.54. The summed E-state index contributed by atoms with van der Waals surface area (Å²) in [5, 5.41) is 0. The number of rotatable bonds is 2. The monoisotopic (exact) mass is 200 g/mol. The highest BCUT2D eigenvalue weighted by Crippen LogP contribution is 2.52. The Balaban J connectivity index is 2.91. The normalized spacial score (nSPS) is 35.6. The first kappa shape index (κ1) is 11.5. The topological polar surface area (TPSA) is 35.5 Å². The zero-order valence-electron chi connectivity index (χ0n) is 9.72. The molecule has 0 heterocycles. The third-order valence-corrected chi connectivity index (χ3v) is 4.08. The summed E-state index contributed by atoms with van der Waals surface area (Å²) in [5.74, 6) is -0.159. The molecule has 3 heteroatoms. The molecular formula is C11H20O3. The average molecular weight is 200 g/mol. The van der Waals surface area contributed by atoms with Crippen LogP contribution in [0.1, 0.15) is 33.6 Å². The minimum atomic E-state index is -0.216.